The average molecular weight is 259 g/mol. The van der Waals surface area contributed by atoms with E-state index >= 15 is 0 Å². The van der Waals surface area contributed by atoms with Crippen LogP contribution in [0.15, 0.2) is 11.4 Å². The number of unbranched alkanes of at least 4 members (excludes halogenated alkanes) is 1. The molecule has 16 heavy (non-hydrogen) atoms. The molecule has 0 aliphatic heterocycles. The molecular weight excluding hydrogens is 242 g/mol. The molecule has 0 aliphatic rings. The summed E-state index contributed by atoms with van der Waals surface area (Å²) in [7, 11) is 0. The first kappa shape index (κ1) is 13.5. The molecule has 0 radical (unpaired) electrons. The predicted octanol–water partition coefficient (Wildman–Crippen LogP) is 2.68. The monoisotopic (exact) mass is 259 g/mol. The second-order valence-electron chi connectivity index (χ2n) is 3.46. The Balaban J connectivity index is 2.21. The summed E-state index contributed by atoms with van der Waals surface area (Å²) in [6.07, 6.45) is 4.47. The second-order valence-corrected chi connectivity index (χ2v) is 5.36. The lowest BCUT2D eigenvalue weighted by atomic mass is 10.2. The van der Waals surface area contributed by atoms with Crippen LogP contribution < -0.4 is 5.32 Å². The van der Waals surface area contributed by atoms with E-state index in [4.69, 9.17) is 5.11 Å². The Bertz CT molecular complexity index is 326. The first-order valence-electron chi connectivity index (χ1n) is 5.25. The highest BCUT2D eigenvalue weighted by molar-refractivity contribution is 7.98. The minimum atomic E-state index is -0.825. The van der Waals surface area contributed by atoms with Crippen molar-refractivity contribution in [1.82, 2.24) is 5.32 Å². The predicted molar refractivity (Wildman–Crippen MR) is 70.6 cm³/mol. The average Bonchev–Trinajstić information content (AvgIpc) is 2.71. The van der Waals surface area contributed by atoms with Crippen molar-refractivity contribution in [3.05, 3.63) is 21.9 Å². The van der Waals surface area contributed by atoms with E-state index in [1.54, 1.807) is 0 Å². The molecule has 3 nitrogen and oxygen atoms in total. The summed E-state index contributed by atoms with van der Waals surface area (Å²) in [5.41, 5.74) is 0.891. The zero-order chi connectivity index (χ0) is 11.8. The Morgan fingerprint density at radius 3 is 3.06 bits per heavy atom. The Labute approximate surface area is 104 Å². The summed E-state index contributed by atoms with van der Waals surface area (Å²) >= 11 is 3.15. The third-order valence-corrected chi connectivity index (χ3v) is 3.85. The molecule has 0 saturated heterocycles. The van der Waals surface area contributed by atoms with Crippen LogP contribution in [0.3, 0.4) is 0 Å². The van der Waals surface area contributed by atoms with E-state index in [0.29, 0.717) is 11.4 Å². The second kappa shape index (κ2) is 7.70. The maximum Gasteiger partial charge on any atom is 0.346 e. The topological polar surface area (TPSA) is 49.3 Å². The van der Waals surface area contributed by atoms with Gasteiger partial charge in [0.05, 0.1) is 0 Å². The SMILES string of the molecule is CSCCCCNCc1ccsc1C(=O)O. The zero-order valence-corrected chi connectivity index (χ0v) is 11.0. The summed E-state index contributed by atoms with van der Waals surface area (Å²) in [5, 5.41) is 14.0. The van der Waals surface area contributed by atoms with Crippen LogP contribution in [0.4, 0.5) is 0 Å². The third-order valence-electron chi connectivity index (χ3n) is 2.21. The summed E-state index contributed by atoms with van der Waals surface area (Å²) < 4.78 is 0. The highest BCUT2D eigenvalue weighted by atomic mass is 32.2. The van der Waals surface area contributed by atoms with Crippen molar-refractivity contribution < 1.29 is 9.90 Å². The Morgan fingerprint density at radius 2 is 2.38 bits per heavy atom. The summed E-state index contributed by atoms with van der Waals surface area (Å²) in [5.74, 6) is 0.370. The van der Waals surface area contributed by atoms with Crippen LogP contribution in [-0.4, -0.2) is 29.6 Å². The van der Waals surface area contributed by atoms with Crippen molar-refractivity contribution in [3.63, 3.8) is 0 Å². The number of hydrogen-bond donors (Lipinski definition) is 2. The Morgan fingerprint density at radius 1 is 1.56 bits per heavy atom. The molecule has 0 fully saturated rings. The first-order chi connectivity index (χ1) is 7.75. The van der Waals surface area contributed by atoms with E-state index in [1.807, 2.05) is 23.2 Å². The van der Waals surface area contributed by atoms with Crippen molar-refractivity contribution in [2.75, 3.05) is 18.6 Å². The molecule has 1 heterocycles. The normalized spacial score (nSPS) is 10.6. The Hall–Kier alpha value is -0.520. The van der Waals surface area contributed by atoms with E-state index in [9.17, 15) is 4.79 Å². The van der Waals surface area contributed by atoms with E-state index in [2.05, 4.69) is 11.6 Å². The maximum atomic E-state index is 10.8. The molecule has 0 bridgehead atoms. The van der Waals surface area contributed by atoms with Crippen molar-refractivity contribution >= 4 is 29.1 Å². The van der Waals surface area contributed by atoms with Gasteiger partial charge in [-0.25, -0.2) is 4.79 Å². The van der Waals surface area contributed by atoms with E-state index < -0.39 is 5.97 Å². The van der Waals surface area contributed by atoms with Gasteiger partial charge in [0, 0.05) is 6.54 Å². The van der Waals surface area contributed by atoms with Crippen molar-refractivity contribution in [2.24, 2.45) is 0 Å². The van der Waals surface area contributed by atoms with E-state index in [1.165, 1.54) is 23.5 Å². The molecule has 0 aromatic carbocycles. The molecule has 0 saturated carbocycles. The lowest BCUT2D eigenvalue weighted by molar-refractivity contribution is 0.0701. The maximum absolute atomic E-state index is 10.8. The van der Waals surface area contributed by atoms with Gasteiger partial charge in [-0.15, -0.1) is 11.3 Å². The molecule has 0 aliphatic carbocycles. The van der Waals surface area contributed by atoms with Crippen LogP contribution in [0.5, 0.6) is 0 Å². The molecule has 1 aromatic heterocycles. The molecule has 1 rings (SSSR count). The van der Waals surface area contributed by atoms with Gasteiger partial charge in [-0.3, -0.25) is 0 Å². The van der Waals surface area contributed by atoms with Gasteiger partial charge < -0.3 is 10.4 Å². The minimum Gasteiger partial charge on any atom is -0.477 e. The number of hydrogen-bond acceptors (Lipinski definition) is 4. The smallest absolute Gasteiger partial charge is 0.346 e. The lowest BCUT2D eigenvalue weighted by Gasteiger charge is -2.03. The standard InChI is InChI=1S/C11H17NO2S2/c1-15-6-3-2-5-12-8-9-4-7-16-10(9)11(13)14/h4,7,12H,2-3,5-6,8H2,1H3,(H,13,14). The van der Waals surface area contributed by atoms with Crippen LogP contribution >= 0.6 is 23.1 Å². The fourth-order valence-corrected chi connectivity index (χ4v) is 2.64. The molecular formula is C11H17NO2S2. The summed E-state index contributed by atoms with van der Waals surface area (Å²) in [6.45, 7) is 1.61. The fourth-order valence-electron chi connectivity index (χ4n) is 1.38. The molecule has 2 N–H and O–H groups in total. The number of thiophene rings is 1. The Kier molecular flexibility index (Phi) is 6.52. The van der Waals surface area contributed by atoms with Crippen LogP contribution in [0, 0.1) is 0 Å². The minimum absolute atomic E-state index is 0.455. The number of thioether (sulfide) groups is 1. The van der Waals surface area contributed by atoms with Crippen LogP contribution in [0.2, 0.25) is 0 Å². The molecule has 0 unspecified atom stereocenters. The first-order valence-corrected chi connectivity index (χ1v) is 7.52. The summed E-state index contributed by atoms with van der Waals surface area (Å²) in [4.78, 5) is 11.3. The van der Waals surface area contributed by atoms with Crippen LogP contribution in [0.25, 0.3) is 0 Å². The van der Waals surface area contributed by atoms with Crippen LogP contribution in [-0.2, 0) is 6.54 Å². The quantitative estimate of drug-likeness (QED) is 0.705. The van der Waals surface area contributed by atoms with Gasteiger partial charge in [0.2, 0.25) is 0 Å². The van der Waals surface area contributed by atoms with Crippen LogP contribution in [0.1, 0.15) is 28.1 Å². The van der Waals surface area contributed by atoms with E-state index in [0.717, 1.165) is 18.5 Å². The van der Waals surface area contributed by atoms with Crippen molar-refractivity contribution in [3.8, 4) is 0 Å². The van der Waals surface area contributed by atoms with Gasteiger partial charge in [-0.2, -0.15) is 11.8 Å². The number of rotatable bonds is 8. The van der Waals surface area contributed by atoms with Crippen molar-refractivity contribution in [1.29, 1.82) is 0 Å². The number of carboxylic acids is 1. The lowest BCUT2D eigenvalue weighted by Crippen LogP contribution is -2.16. The molecule has 0 spiro atoms. The van der Waals surface area contributed by atoms with Gasteiger partial charge in [0.1, 0.15) is 4.88 Å². The number of carbonyl (C=O) groups is 1. The molecule has 0 atom stereocenters. The van der Waals surface area contributed by atoms with Crippen molar-refractivity contribution in [2.45, 2.75) is 19.4 Å². The number of nitrogens with one attached hydrogen (secondary N) is 1. The van der Waals surface area contributed by atoms with Gasteiger partial charge in [0.25, 0.3) is 0 Å². The zero-order valence-electron chi connectivity index (χ0n) is 9.36. The molecule has 1 aromatic rings. The van der Waals surface area contributed by atoms with E-state index in [-0.39, 0.29) is 0 Å². The largest absolute Gasteiger partial charge is 0.477 e. The van der Waals surface area contributed by atoms with Gasteiger partial charge in [0.15, 0.2) is 0 Å². The highest BCUT2D eigenvalue weighted by Crippen LogP contribution is 2.16. The number of carboxylic acid groups (broad SMARTS) is 1. The van der Waals surface area contributed by atoms with Gasteiger partial charge >= 0.3 is 5.97 Å². The molecule has 90 valence electrons. The van der Waals surface area contributed by atoms with Gasteiger partial charge in [-0.05, 0) is 48.4 Å². The summed E-state index contributed by atoms with van der Waals surface area (Å²) in [6, 6.07) is 1.88. The third kappa shape index (κ3) is 4.55. The highest BCUT2D eigenvalue weighted by Gasteiger charge is 2.10. The van der Waals surface area contributed by atoms with Gasteiger partial charge in [-0.1, -0.05) is 0 Å². The molecule has 0 amide bonds. The fraction of sp³-hybridized carbons (Fsp3) is 0.545. The molecule has 5 heteroatoms. The number of aromatic carboxylic acids is 1.